The molecule has 1 aliphatic rings. The van der Waals surface area contributed by atoms with Crippen LogP contribution in [0.1, 0.15) is 49.5 Å². The summed E-state index contributed by atoms with van der Waals surface area (Å²) in [5.41, 5.74) is 1.15. The number of carbonyl (C=O) groups is 2. The number of carbonyl (C=O) groups excluding carboxylic acids is 2. The van der Waals surface area contributed by atoms with Crippen molar-refractivity contribution in [2.24, 2.45) is 0 Å². The first-order valence-corrected chi connectivity index (χ1v) is 12.5. The Balaban J connectivity index is 1.41. The summed E-state index contributed by atoms with van der Waals surface area (Å²) in [6, 6.07) is 9.01. The average Bonchev–Trinajstić information content (AvgIpc) is 3.36. The Morgan fingerprint density at radius 3 is 2.55 bits per heavy atom. The van der Waals surface area contributed by atoms with E-state index in [1.807, 2.05) is 31.2 Å². The van der Waals surface area contributed by atoms with Crippen molar-refractivity contribution >= 4 is 40.5 Å². The summed E-state index contributed by atoms with van der Waals surface area (Å²) in [7, 11) is 0. The van der Waals surface area contributed by atoms with Crippen LogP contribution in [-0.2, 0) is 4.79 Å². The predicted octanol–water partition coefficient (Wildman–Crippen LogP) is 3.90. The maximum atomic E-state index is 14.1. The smallest absolute Gasteiger partial charge is 0.276 e. The van der Waals surface area contributed by atoms with Gasteiger partial charge in [-0.2, -0.15) is 0 Å². The summed E-state index contributed by atoms with van der Waals surface area (Å²) in [6.45, 7) is 1.85. The highest BCUT2D eigenvalue weighted by Crippen LogP contribution is 2.27. The Labute approximate surface area is 218 Å². The van der Waals surface area contributed by atoms with Crippen molar-refractivity contribution in [2.75, 3.05) is 16.0 Å². The summed E-state index contributed by atoms with van der Waals surface area (Å²) in [4.78, 5) is 37.3. The van der Waals surface area contributed by atoms with Gasteiger partial charge in [-0.15, -0.1) is 5.10 Å². The number of rotatable bonds is 8. The number of imidazole rings is 1. The van der Waals surface area contributed by atoms with Gasteiger partial charge in [0.2, 0.25) is 5.91 Å². The van der Waals surface area contributed by atoms with Gasteiger partial charge in [0, 0.05) is 37.0 Å². The second-order valence-electron chi connectivity index (χ2n) is 9.09. The van der Waals surface area contributed by atoms with Crippen LogP contribution in [0.2, 0.25) is 0 Å². The minimum atomic E-state index is -0.645. The quantitative estimate of drug-likeness (QED) is 0.276. The molecule has 0 saturated heterocycles. The van der Waals surface area contributed by atoms with Crippen molar-refractivity contribution in [3.8, 4) is 0 Å². The first-order chi connectivity index (χ1) is 18.5. The van der Waals surface area contributed by atoms with Gasteiger partial charge in [0.1, 0.15) is 11.6 Å². The van der Waals surface area contributed by atoms with E-state index in [0.29, 0.717) is 29.4 Å². The second-order valence-corrected chi connectivity index (χ2v) is 9.09. The van der Waals surface area contributed by atoms with Gasteiger partial charge in [-0.25, -0.2) is 18.9 Å². The zero-order chi connectivity index (χ0) is 26.5. The van der Waals surface area contributed by atoms with Crippen molar-refractivity contribution in [1.29, 1.82) is 0 Å². The third-order valence-corrected chi connectivity index (χ3v) is 6.41. The van der Waals surface area contributed by atoms with E-state index in [1.165, 1.54) is 23.0 Å². The zero-order valence-electron chi connectivity index (χ0n) is 20.8. The molecule has 4 N–H and O–H groups in total. The van der Waals surface area contributed by atoms with Gasteiger partial charge in [0.05, 0.1) is 23.8 Å². The molecule has 0 spiro atoms. The standard InChI is InChI=1S/C26H28FN9O2/c1-2-24(37)32-17-8-6-16(7-9-17)31-23-13-20(33-22-5-3-4-11-29-22)25-30-15-21(36(25)35-23)26(38)34-19-10-12-28-14-18(19)27/h3-5,10-17H,2,6-9H2,1H3,(H,29,33)(H,31,35)(H,32,37)(H,28,34,38). The highest BCUT2D eigenvalue weighted by molar-refractivity contribution is 6.03. The second kappa shape index (κ2) is 11.2. The Kier molecular flexibility index (Phi) is 7.38. The minimum Gasteiger partial charge on any atom is -0.366 e. The summed E-state index contributed by atoms with van der Waals surface area (Å²) in [5.74, 6) is -0.00143. The van der Waals surface area contributed by atoms with Crippen LogP contribution in [0, 0.1) is 5.82 Å². The largest absolute Gasteiger partial charge is 0.366 e. The summed E-state index contributed by atoms with van der Waals surface area (Å²) in [6.07, 6.45) is 9.40. The first-order valence-electron chi connectivity index (χ1n) is 12.5. The molecule has 4 aromatic heterocycles. The molecule has 0 aliphatic heterocycles. The lowest BCUT2D eigenvalue weighted by atomic mass is 9.91. The van der Waals surface area contributed by atoms with Gasteiger partial charge in [-0.05, 0) is 43.9 Å². The van der Waals surface area contributed by atoms with Gasteiger partial charge in [0.15, 0.2) is 17.2 Å². The zero-order valence-corrected chi connectivity index (χ0v) is 20.8. The van der Waals surface area contributed by atoms with E-state index in [1.54, 1.807) is 6.20 Å². The van der Waals surface area contributed by atoms with Crippen LogP contribution in [0.15, 0.2) is 55.1 Å². The van der Waals surface area contributed by atoms with Crippen molar-refractivity contribution in [3.05, 3.63) is 66.6 Å². The van der Waals surface area contributed by atoms with Crippen molar-refractivity contribution in [2.45, 2.75) is 51.1 Å². The topological polar surface area (TPSA) is 138 Å². The molecule has 1 saturated carbocycles. The molecule has 4 aromatic rings. The summed E-state index contributed by atoms with van der Waals surface area (Å²) in [5, 5.41) is 17.0. The summed E-state index contributed by atoms with van der Waals surface area (Å²) >= 11 is 0. The highest BCUT2D eigenvalue weighted by atomic mass is 19.1. The molecule has 0 atom stereocenters. The fourth-order valence-electron chi connectivity index (χ4n) is 4.44. The average molecular weight is 518 g/mol. The number of anilines is 4. The number of nitrogens with one attached hydrogen (secondary N) is 4. The van der Waals surface area contributed by atoms with E-state index < -0.39 is 11.7 Å². The van der Waals surface area contributed by atoms with Gasteiger partial charge in [-0.1, -0.05) is 13.0 Å². The molecule has 5 rings (SSSR count). The van der Waals surface area contributed by atoms with Crippen LogP contribution in [0.4, 0.5) is 27.4 Å². The van der Waals surface area contributed by atoms with E-state index in [-0.39, 0.29) is 29.4 Å². The number of nitrogens with zero attached hydrogens (tertiary/aromatic N) is 5. The normalized spacial score (nSPS) is 17.1. The van der Waals surface area contributed by atoms with E-state index in [4.69, 9.17) is 0 Å². The van der Waals surface area contributed by atoms with Gasteiger partial charge in [0.25, 0.3) is 5.91 Å². The molecule has 0 bridgehead atoms. The van der Waals surface area contributed by atoms with E-state index in [9.17, 15) is 14.0 Å². The Bertz CT molecular complexity index is 1440. The molecular weight excluding hydrogens is 489 g/mol. The molecule has 38 heavy (non-hydrogen) atoms. The van der Waals surface area contributed by atoms with Gasteiger partial charge < -0.3 is 21.3 Å². The maximum absolute atomic E-state index is 14.1. The number of amides is 2. The fraction of sp³-hybridized carbons (Fsp3) is 0.308. The molecular formula is C26H28FN9O2. The number of hydrogen-bond donors (Lipinski definition) is 4. The number of pyridine rings is 2. The van der Waals surface area contributed by atoms with Crippen molar-refractivity contribution in [3.63, 3.8) is 0 Å². The minimum absolute atomic E-state index is 0.00740. The van der Waals surface area contributed by atoms with Crippen LogP contribution in [0.5, 0.6) is 0 Å². The highest BCUT2D eigenvalue weighted by Gasteiger charge is 2.24. The molecule has 11 nitrogen and oxygen atoms in total. The van der Waals surface area contributed by atoms with Crippen LogP contribution in [-0.4, -0.2) is 48.5 Å². The molecule has 12 heteroatoms. The summed E-state index contributed by atoms with van der Waals surface area (Å²) < 4.78 is 15.5. The first kappa shape index (κ1) is 25.1. The van der Waals surface area contributed by atoms with Crippen molar-refractivity contribution in [1.82, 2.24) is 29.9 Å². The molecule has 1 fully saturated rings. The molecule has 196 valence electrons. The SMILES string of the molecule is CCC(=O)NC1CCC(Nc2cc(Nc3ccccn3)c3ncc(C(=O)Nc4ccncc4F)n3n2)CC1. The van der Waals surface area contributed by atoms with E-state index in [2.05, 4.69) is 41.3 Å². The lowest BCUT2D eigenvalue weighted by Crippen LogP contribution is -2.40. The Morgan fingerprint density at radius 1 is 1.00 bits per heavy atom. The van der Waals surface area contributed by atoms with Crippen LogP contribution in [0.3, 0.4) is 0 Å². The van der Waals surface area contributed by atoms with E-state index >= 15 is 0 Å². The molecule has 4 heterocycles. The molecule has 2 amide bonds. The monoisotopic (exact) mass is 517 g/mol. The number of hydrogen-bond acceptors (Lipinski definition) is 8. The van der Waals surface area contributed by atoms with Gasteiger partial charge in [-0.3, -0.25) is 14.6 Å². The Hall–Kier alpha value is -4.61. The van der Waals surface area contributed by atoms with E-state index in [0.717, 1.165) is 31.9 Å². The Morgan fingerprint density at radius 2 is 1.82 bits per heavy atom. The van der Waals surface area contributed by atoms with Crippen LogP contribution < -0.4 is 21.3 Å². The van der Waals surface area contributed by atoms with Crippen molar-refractivity contribution < 1.29 is 14.0 Å². The predicted molar refractivity (Wildman–Crippen MR) is 141 cm³/mol. The third-order valence-electron chi connectivity index (χ3n) is 6.41. The molecule has 0 aromatic carbocycles. The maximum Gasteiger partial charge on any atom is 0.276 e. The third kappa shape index (κ3) is 5.69. The number of fused-ring (bicyclic) bond motifs is 1. The lowest BCUT2D eigenvalue weighted by molar-refractivity contribution is -0.121. The van der Waals surface area contributed by atoms with Gasteiger partial charge >= 0.3 is 0 Å². The lowest BCUT2D eigenvalue weighted by Gasteiger charge is -2.30. The van der Waals surface area contributed by atoms with Crippen LogP contribution >= 0.6 is 0 Å². The molecule has 1 aliphatic carbocycles. The number of aromatic nitrogens is 5. The molecule has 0 radical (unpaired) electrons. The number of halogens is 1. The molecule has 0 unspecified atom stereocenters. The fourth-order valence-corrected chi connectivity index (χ4v) is 4.44. The van der Waals surface area contributed by atoms with Crippen LogP contribution in [0.25, 0.3) is 5.65 Å².